The summed E-state index contributed by atoms with van der Waals surface area (Å²) in [4.78, 5) is 3.92. The van der Waals surface area contributed by atoms with Crippen molar-refractivity contribution in [2.45, 2.75) is 20.8 Å². The fraction of sp³-hybridized carbons (Fsp3) is 0.312. The number of ether oxygens (including phenoxy) is 2. The van der Waals surface area contributed by atoms with Crippen LogP contribution in [0.4, 0.5) is 5.88 Å². The van der Waals surface area contributed by atoms with Gasteiger partial charge in [-0.1, -0.05) is 0 Å². The van der Waals surface area contributed by atoms with E-state index >= 15 is 0 Å². The number of benzene rings is 1. The highest BCUT2D eigenvalue weighted by Gasteiger charge is 2.09. The van der Waals surface area contributed by atoms with Crippen molar-refractivity contribution in [3.63, 3.8) is 0 Å². The van der Waals surface area contributed by atoms with Crippen LogP contribution in [0.15, 0.2) is 27.7 Å². The zero-order chi connectivity index (χ0) is 16.7. The first kappa shape index (κ1) is 16.4. The topological polar surface area (TPSA) is 92.7 Å². The third-order valence-corrected chi connectivity index (χ3v) is 2.79. The second kappa shape index (κ2) is 7.84. The summed E-state index contributed by atoms with van der Waals surface area (Å²) in [6.07, 6.45) is 1.59. The minimum Gasteiger partial charge on any atom is -0.490 e. The highest BCUT2D eigenvalue weighted by atomic mass is 16.5. The van der Waals surface area contributed by atoms with Crippen LogP contribution in [0.2, 0.25) is 0 Å². The Kier molecular flexibility index (Phi) is 5.58. The van der Waals surface area contributed by atoms with Gasteiger partial charge in [0.15, 0.2) is 17.4 Å². The molecule has 0 amide bonds. The predicted molar refractivity (Wildman–Crippen MR) is 86.0 cm³/mol. The van der Waals surface area contributed by atoms with E-state index in [1.807, 2.05) is 38.1 Å². The Morgan fingerprint density at radius 2 is 2.04 bits per heavy atom. The van der Waals surface area contributed by atoms with Crippen LogP contribution in [0.1, 0.15) is 31.0 Å². The minimum atomic E-state index is 0.168. The van der Waals surface area contributed by atoms with Crippen molar-refractivity contribution in [1.29, 1.82) is 5.26 Å². The molecule has 1 heterocycles. The third kappa shape index (κ3) is 4.23. The predicted octanol–water partition coefficient (Wildman–Crippen LogP) is 3.10. The van der Waals surface area contributed by atoms with E-state index in [4.69, 9.17) is 19.2 Å². The summed E-state index contributed by atoms with van der Waals surface area (Å²) < 4.78 is 16.3. The molecule has 0 saturated carbocycles. The van der Waals surface area contributed by atoms with Gasteiger partial charge in [0, 0.05) is 6.92 Å². The van der Waals surface area contributed by atoms with Crippen molar-refractivity contribution in [3.05, 3.63) is 35.3 Å². The quantitative estimate of drug-likeness (QED) is 0.623. The van der Waals surface area contributed by atoms with Gasteiger partial charge in [0.25, 0.3) is 5.88 Å². The van der Waals surface area contributed by atoms with Gasteiger partial charge in [0.05, 0.1) is 19.4 Å². The van der Waals surface area contributed by atoms with E-state index in [-0.39, 0.29) is 11.6 Å². The summed E-state index contributed by atoms with van der Waals surface area (Å²) in [6, 6.07) is 7.45. The second-order valence-electron chi connectivity index (χ2n) is 4.46. The first-order chi connectivity index (χ1) is 11.2. The number of anilines is 1. The van der Waals surface area contributed by atoms with E-state index in [1.165, 1.54) is 0 Å². The third-order valence-electron chi connectivity index (χ3n) is 2.79. The van der Waals surface area contributed by atoms with E-state index in [1.54, 1.807) is 13.1 Å². The summed E-state index contributed by atoms with van der Waals surface area (Å²) in [7, 11) is 0. The molecule has 1 aromatic heterocycles. The van der Waals surface area contributed by atoms with Gasteiger partial charge >= 0.3 is 0 Å². The van der Waals surface area contributed by atoms with Gasteiger partial charge in [0.2, 0.25) is 5.69 Å². The van der Waals surface area contributed by atoms with Crippen LogP contribution < -0.4 is 14.9 Å². The standard InChI is InChI=1S/C16H18N4O3/c1-4-21-14-7-6-12(8-15(14)22-5-2)10-18-20-16-13(9-17)19-11(3)23-16/h6-8,10,20H,4-5H2,1-3H3. The van der Waals surface area contributed by atoms with Gasteiger partial charge in [-0.3, -0.25) is 0 Å². The molecule has 2 aromatic rings. The second-order valence-corrected chi connectivity index (χ2v) is 4.46. The van der Waals surface area contributed by atoms with Crippen molar-refractivity contribution in [2.24, 2.45) is 5.10 Å². The molecular formula is C16H18N4O3. The SMILES string of the molecule is CCOc1ccc(C=NNc2oc(C)nc2C#N)cc1OCC. The number of hydrogen-bond acceptors (Lipinski definition) is 7. The van der Waals surface area contributed by atoms with Crippen LogP contribution in [0.25, 0.3) is 0 Å². The largest absolute Gasteiger partial charge is 0.490 e. The van der Waals surface area contributed by atoms with E-state index < -0.39 is 0 Å². The number of aromatic nitrogens is 1. The molecule has 0 fully saturated rings. The number of rotatable bonds is 7. The number of hydrazone groups is 1. The molecule has 1 N–H and O–H groups in total. The van der Waals surface area contributed by atoms with Gasteiger partial charge in [0.1, 0.15) is 6.07 Å². The lowest BCUT2D eigenvalue weighted by Crippen LogP contribution is -1.99. The number of oxazole rings is 1. The highest BCUT2D eigenvalue weighted by molar-refractivity contribution is 5.81. The van der Waals surface area contributed by atoms with Crippen molar-refractivity contribution in [1.82, 2.24) is 4.98 Å². The molecule has 2 rings (SSSR count). The zero-order valence-corrected chi connectivity index (χ0v) is 13.3. The molecule has 23 heavy (non-hydrogen) atoms. The molecule has 7 nitrogen and oxygen atoms in total. The Morgan fingerprint density at radius 1 is 1.30 bits per heavy atom. The Hall–Kier alpha value is -3.01. The number of hydrogen-bond donors (Lipinski definition) is 1. The number of nitrogens with one attached hydrogen (secondary N) is 1. The van der Waals surface area contributed by atoms with Gasteiger partial charge in [-0.25, -0.2) is 10.4 Å². The molecule has 0 radical (unpaired) electrons. The molecule has 0 spiro atoms. The maximum Gasteiger partial charge on any atom is 0.252 e. The molecular weight excluding hydrogens is 296 g/mol. The lowest BCUT2D eigenvalue weighted by Gasteiger charge is -2.11. The molecule has 0 aliphatic heterocycles. The van der Waals surface area contributed by atoms with E-state index in [0.717, 1.165) is 5.56 Å². The van der Waals surface area contributed by atoms with Crippen molar-refractivity contribution < 1.29 is 13.9 Å². The zero-order valence-electron chi connectivity index (χ0n) is 13.3. The average Bonchev–Trinajstić information content (AvgIpc) is 2.90. The lowest BCUT2D eigenvalue weighted by atomic mass is 10.2. The van der Waals surface area contributed by atoms with Gasteiger partial charge in [-0.2, -0.15) is 10.4 Å². The summed E-state index contributed by atoms with van der Waals surface area (Å²) in [5, 5.41) is 13.0. The molecule has 0 unspecified atom stereocenters. The van der Waals surface area contributed by atoms with E-state index in [9.17, 15) is 0 Å². The van der Waals surface area contributed by atoms with E-state index in [0.29, 0.717) is 30.6 Å². The Morgan fingerprint density at radius 3 is 2.74 bits per heavy atom. The minimum absolute atomic E-state index is 0.168. The first-order valence-corrected chi connectivity index (χ1v) is 7.24. The summed E-state index contributed by atoms with van der Waals surface area (Å²) in [5.74, 6) is 1.97. The van der Waals surface area contributed by atoms with Crippen molar-refractivity contribution in [3.8, 4) is 17.6 Å². The van der Waals surface area contributed by atoms with Crippen LogP contribution in [-0.4, -0.2) is 24.4 Å². The van der Waals surface area contributed by atoms with Crippen LogP contribution in [0, 0.1) is 18.3 Å². The van der Waals surface area contributed by atoms with Crippen LogP contribution in [0.3, 0.4) is 0 Å². The van der Waals surface area contributed by atoms with Crippen LogP contribution in [-0.2, 0) is 0 Å². The fourth-order valence-corrected chi connectivity index (χ4v) is 1.89. The lowest BCUT2D eigenvalue weighted by molar-refractivity contribution is 0.288. The Bertz CT molecular complexity index is 731. The van der Waals surface area contributed by atoms with Gasteiger partial charge in [-0.15, -0.1) is 0 Å². The monoisotopic (exact) mass is 314 g/mol. The average molecular weight is 314 g/mol. The number of aryl methyl sites for hydroxylation is 1. The van der Waals surface area contributed by atoms with E-state index in [2.05, 4.69) is 15.5 Å². The Labute approximate surface area is 134 Å². The molecule has 0 atom stereocenters. The molecule has 0 bridgehead atoms. The molecule has 120 valence electrons. The maximum absolute atomic E-state index is 8.93. The summed E-state index contributed by atoms with van der Waals surface area (Å²) in [6.45, 7) is 6.60. The maximum atomic E-state index is 8.93. The van der Waals surface area contributed by atoms with Crippen LogP contribution >= 0.6 is 0 Å². The Balaban J connectivity index is 2.12. The molecule has 0 aliphatic rings. The normalized spacial score (nSPS) is 10.5. The molecule has 1 aromatic carbocycles. The summed E-state index contributed by atoms with van der Waals surface area (Å²) in [5.41, 5.74) is 3.66. The number of nitriles is 1. The molecule has 0 saturated heterocycles. The molecule has 0 aliphatic carbocycles. The fourth-order valence-electron chi connectivity index (χ4n) is 1.89. The van der Waals surface area contributed by atoms with Gasteiger partial charge < -0.3 is 13.9 Å². The van der Waals surface area contributed by atoms with Crippen molar-refractivity contribution >= 4 is 12.1 Å². The van der Waals surface area contributed by atoms with Gasteiger partial charge in [-0.05, 0) is 37.6 Å². The highest BCUT2D eigenvalue weighted by Crippen LogP contribution is 2.28. The summed E-state index contributed by atoms with van der Waals surface area (Å²) >= 11 is 0. The smallest absolute Gasteiger partial charge is 0.252 e. The van der Waals surface area contributed by atoms with Crippen molar-refractivity contribution in [2.75, 3.05) is 18.6 Å². The molecule has 7 heteroatoms. The number of nitrogens with zero attached hydrogens (tertiary/aromatic N) is 3. The first-order valence-electron chi connectivity index (χ1n) is 7.24. The van der Waals surface area contributed by atoms with Crippen LogP contribution in [0.5, 0.6) is 11.5 Å².